The lowest BCUT2D eigenvalue weighted by molar-refractivity contribution is 0.0963. The van der Waals surface area contributed by atoms with E-state index in [9.17, 15) is 9.59 Å². The first kappa shape index (κ1) is 21.8. The van der Waals surface area contributed by atoms with E-state index in [0.717, 1.165) is 26.1 Å². The molecule has 1 aliphatic rings. The van der Waals surface area contributed by atoms with E-state index >= 15 is 0 Å². The molecule has 30 heavy (non-hydrogen) atoms. The van der Waals surface area contributed by atoms with Gasteiger partial charge in [-0.2, -0.15) is 0 Å². The van der Waals surface area contributed by atoms with Crippen LogP contribution in [0.3, 0.4) is 0 Å². The number of carbonyl (C=O) groups excluding carboxylic acids is 2. The minimum atomic E-state index is -0.236. The Morgan fingerprint density at radius 1 is 1.03 bits per heavy atom. The molecule has 3 rings (SSSR count). The van der Waals surface area contributed by atoms with Crippen LogP contribution < -0.4 is 16.0 Å². The maximum atomic E-state index is 12.7. The van der Waals surface area contributed by atoms with Crippen molar-refractivity contribution in [3.8, 4) is 0 Å². The standard InChI is InChI=1S/C24H32N4O2/c1-24(2,3)21(16-28-14-13-17-7-5-6-8-19(17)15-28)27-23(30)26-20-11-9-18(10-12-20)22(29)25-4/h5-12,21H,13-16H2,1-4H3,(H,25,29)(H2,26,27,30). The number of nitrogens with zero attached hydrogens (tertiary/aromatic N) is 1. The molecule has 0 radical (unpaired) electrons. The molecule has 1 aliphatic heterocycles. The molecule has 0 bridgehead atoms. The molecule has 6 heteroatoms. The minimum Gasteiger partial charge on any atom is -0.355 e. The predicted molar refractivity (Wildman–Crippen MR) is 121 cm³/mol. The third-order valence-electron chi connectivity index (χ3n) is 5.63. The molecular weight excluding hydrogens is 376 g/mol. The summed E-state index contributed by atoms with van der Waals surface area (Å²) in [6, 6.07) is 15.2. The highest BCUT2D eigenvalue weighted by molar-refractivity contribution is 5.95. The summed E-state index contributed by atoms with van der Waals surface area (Å²) in [7, 11) is 1.59. The molecule has 6 nitrogen and oxygen atoms in total. The number of fused-ring (bicyclic) bond motifs is 1. The fourth-order valence-electron chi connectivity index (χ4n) is 3.68. The summed E-state index contributed by atoms with van der Waals surface area (Å²) in [5.41, 5.74) is 3.92. The number of rotatable bonds is 5. The zero-order valence-corrected chi connectivity index (χ0v) is 18.3. The second-order valence-corrected chi connectivity index (χ2v) is 8.93. The summed E-state index contributed by atoms with van der Waals surface area (Å²) >= 11 is 0. The van der Waals surface area contributed by atoms with Crippen LogP contribution in [0.4, 0.5) is 10.5 Å². The maximum Gasteiger partial charge on any atom is 0.319 e. The first-order valence-corrected chi connectivity index (χ1v) is 10.4. The minimum absolute atomic E-state index is 0.00657. The molecule has 160 valence electrons. The topological polar surface area (TPSA) is 73.5 Å². The average molecular weight is 409 g/mol. The Morgan fingerprint density at radius 2 is 1.70 bits per heavy atom. The lowest BCUT2D eigenvalue weighted by Gasteiger charge is -2.37. The van der Waals surface area contributed by atoms with Gasteiger partial charge in [0.05, 0.1) is 0 Å². The van der Waals surface area contributed by atoms with Crippen LogP contribution in [0.5, 0.6) is 0 Å². The number of amides is 3. The highest BCUT2D eigenvalue weighted by Crippen LogP contribution is 2.24. The molecule has 0 aliphatic carbocycles. The van der Waals surface area contributed by atoms with Gasteiger partial charge in [0.25, 0.3) is 5.91 Å². The summed E-state index contributed by atoms with van der Waals surface area (Å²) in [5.74, 6) is -0.151. The second kappa shape index (κ2) is 9.30. The van der Waals surface area contributed by atoms with Crippen LogP contribution in [0.2, 0.25) is 0 Å². The van der Waals surface area contributed by atoms with Gasteiger partial charge in [-0.15, -0.1) is 0 Å². The number of carbonyl (C=O) groups is 2. The molecule has 2 aromatic rings. The van der Waals surface area contributed by atoms with E-state index in [1.807, 2.05) is 0 Å². The molecular formula is C24H32N4O2. The number of nitrogens with one attached hydrogen (secondary N) is 3. The number of hydrogen-bond acceptors (Lipinski definition) is 3. The van der Waals surface area contributed by atoms with E-state index in [1.165, 1.54) is 11.1 Å². The maximum absolute atomic E-state index is 12.7. The zero-order chi connectivity index (χ0) is 21.7. The van der Waals surface area contributed by atoms with Crippen LogP contribution in [0, 0.1) is 5.41 Å². The third-order valence-corrected chi connectivity index (χ3v) is 5.63. The summed E-state index contributed by atoms with van der Waals surface area (Å²) in [6.45, 7) is 9.14. The van der Waals surface area contributed by atoms with Gasteiger partial charge >= 0.3 is 6.03 Å². The first-order chi connectivity index (χ1) is 14.3. The molecule has 1 unspecified atom stereocenters. The van der Waals surface area contributed by atoms with Crippen LogP contribution in [0.25, 0.3) is 0 Å². The Morgan fingerprint density at radius 3 is 2.33 bits per heavy atom. The van der Waals surface area contributed by atoms with Crippen molar-refractivity contribution >= 4 is 17.6 Å². The van der Waals surface area contributed by atoms with Crippen LogP contribution >= 0.6 is 0 Å². The highest BCUT2D eigenvalue weighted by atomic mass is 16.2. The van der Waals surface area contributed by atoms with Crippen LogP contribution in [0.15, 0.2) is 48.5 Å². The first-order valence-electron chi connectivity index (χ1n) is 10.4. The van der Waals surface area contributed by atoms with E-state index < -0.39 is 0 Å². The zero-order valence-electron chi connectivity index (χ0n) is 18.3. The molecule has 0 saturated carbocycles. The predicted octanol–water partition coefficient (Wildman–Crippen LogP) is 3.64. The van der Waals surface area contributed by atoms with Crippen molar-refractivity contribution in [3.63, 3.8) is 0 Å². The fourth-order valence-corrected chi connectivity index (χ4v) is 3.68. The van der Waals surface area contributed by atoms with Gasteiger partial charge in [-0.25, -0.2) is 4.79 Å². The quantitative estimate of drug-likeness (QED) is 0.707. The molecule has 3 N–H and O–H groups in total. The Balaban J connectivity index is 1.61. The average Bonchev–Trinajstić information content (AvgIpc) is 2.72. The van der Waals surface area contributed by atoms with Crippen molar-refractivity contribution < 1.29 is 9.59 Å². The van der Waals surface area contributed by atoms with Gasteiger partial charge in [-0.05, 0) is 47.2 Å². The summed E-state index contributed by atoms with van der Waals surface area (Å²) in [5, 5.41) is 8.62. The lowest BCUT2D eigenvalue weighted by atomic mass is 9.86. The van der Waals surface area contributed by atoms with Gasteiger partial charge in [-0.3, -0.25) is 9.69 Å². The Labute approximate surface area is 179 Å². The van der Waals surface area contributed by atoms with E-state index in [0.29, 0.717) is 11.3 Å². The number of hydrogen-bond donors (Lipinski definition) is 3. The van der Waals surface area contributed by atoms with Gasteiger partial charge in [0.1, 0.15) is 0 Å². The van der Waals surface area contributed by atoms with Crippen molar-refractivity contribution in [1.29, 1.82) is 0 Å². The van der Waals surface area contributed by atoms with Gasteiger partial charge < -0.3 is 16.0 Å². The molecule has 0 fully saturated rings. The van der Waals surface area contributed by atoms with Crippen molar-refractivity contribution in [2.75, 3.05) is 25.5 Å². The molecule has 2 aromatic carbocycles. The SMILES string of the molecule is CNC(=O)c1ccc(NC(=O)NC(CN2CCc3ccccc3C2)C(C)(C)C)cc1. The lowest BCUT2D eigenvalue weighted by Crippen LogP contribution is -2.52. The van der Waals surface area contributed by atoms with Crippen molar-refractivity contribution in [3.05, 3.63) is 65.2 Å². The van der Waals surface area contributed by atoms with Gasteiger partial charge in [0, 0.05) is 44.0 Å². The van der Waals surface area contributed by atoms with Crippen molar-refractivity contribution in [2.45, 2.75) is 39.8 Å². The molecule has 0 saturated heterocycles. The number of anilines is 1. The summed E-state index contributed by atoms with van der Waals surface area (Å²) < 4.78 is 0. The van der Waals surface area contributed by atoms with E-state index in [4.69, 9.17) is 0 Å². The van der Waals surface area contributed by atoms with Crippen molar-refractivity contribution in [1.82, 2.24) is 15.5 Å². The monoisotopic (exact) mass is 408 g/mol. The Kier molecular flexibility index (Phi) is 6.77. The van der Waals surface area contributed by atoms with Crippen molar-refractivity contribution in [2.24, 2.45) is 5.41 Å². The van der Waals surface area contributed by atoms with E-state index in [1.54, 1.807) is 31.3 Å². The molecule has 1 heterocycles. The van der Waals surface area contributed by atoms with Gasteiger partial charge in [0.15, 0.2) is 0 Å². The number of urea groups is 1. The van der Waals surface area contributed by atoms with Gasteiger partial charge in [-0.1, -0.05) is 45.0 Å². The van der Waals surface area contributed by atoms with Crippen LogP contribution in [-0.2, 0) is 13.0 Å². The fraction of sp³-hybridized carbons (Fsp3) is 0.417. The molecule has 1 atom stereocenters. The molecule has 0 aromatic heterocycles. The second-order valence-electron chi connectivity index (χ2n) is 8.93. The number of benzene rings is 2. The van der Waals surface area contributed by atoms with E-state index in [-0.39, 0.29) is 23.4 Å². The Hall–Kier alpha value is -2.86. The summed E-state index contributed by atoms with van der Waals surface area (Å²) in [4.78, 5) is 26.7. The largest absolute Gasteiger partial charge is 0.355 e. The van der Waals surface area contributed by atoms with Crippen LogP contribution in [-0.4, -0.2) is 43.0 Å². The Bertz CT molecular complexity index is 887. The molecule has 3 amide bonds. The summed E-state index contributed by atoms with van der Waals surface area (Å²) in [6.07, 6.45) is 1.04. The highest BCUT2D eigenvalue weighted by Gasteiger charge is 2.29. The van der Waals surface area contributed by atoms with Crippen LogP contribution in [0.1, 0.15) is 42.3 Å². The molecule has 0 spiro atoms. The smallest absolute Gasteiger partial charge is 0.319 e. The van der Waals surface area contributed by atoms with E-state index in [2.05, 4.69) is 65.9 Å². The normalized spacial score (nSPS) is 15.1. The van der Waals surface area contributed by atoms with Gasteiger partial charge in [0.2, 0.25) is 0 Å². The third kappa shape index (κ3) is 5.60.